The predicted molar refractivity (Wildman–Crippen MR) is 82.0 cm³/mol. The zero-order chi connectivity index (χ0) is 14.7. The minimum Gasteiger partial charge on any atom is -0.308 e. The standard InChI is InChI=1S/C16H20N4O/c1-2-5-13-9-15(20-19-13)18-16(21)14-8-11-6-3-4-7-12(11)10-17-14/h3-4,6-7,9,14,17H,2,5,8,10H2,1H3,(H2,18,19,20,21)/t14-/m0/s1. The molecule has 0 bridgehead atoms. The van der Waals surface area contributed by atoms with Crippen molar-refractivity contribution in [2.75, 3.05) is 5.32 Å². The predicted octanol–water partition coefficient (Wildman–Crippen LogP) is 2.02. The second-order valence-electron chi connectivity index (χ2n) is 5.42. The Morgan fingerprint density at radius 2 is 2.19 bits per heavy atom. The summed E-state index contributed by atoms with van der Waals surface area (Å²) >= 11 is 0. The number of carbonyl (C=O) groups is 1. The average Bonchev–Trinajstić information content (AvgIpc) is 2.94. The van der Waals surface area contributed by atoms with Crippen LogP contribution >= 0.6 is 0 Å². The summed E-state index contributed by atoms with van der Waals surface area (Å²) in [4.78, 5) is 12.3. The number of H-pyrrole nitrogens is 1. The van der Waals surface area contributed by atoms with Gasteiger partial charge in [0.2, 0.25) is 5.91 Å². The third-order valence-electron chi connectivity index (χ3n) is 3.80. The smallest absolute Gasteiger partial charge is 0.243 e. The molecule has 0 unspecified atom stereocenters. The monoisotopic (exact) mass is 284 g/mol. The Morgan fingerprint density at radius 1 is 1.38 bits per heavy atom. The van der Waals surface area contributed by atoms with Crippen molar-refractivity contribution in [1.82, 2.24) is 15.5 Å². The molecule has 2 aromatic rings. The summed E-state index contributed by atoms with van der Waals surface area (Å²) in [6, 6.07) is 9.93. The molecular formula is C16H20N4O. The van der Waals surface area contributed by atoms with Gasteiger partial charge in [0.15, 0.2) is 5.82 Å². The number of benzene rings is 1. The Labute approximate surface area is 124 Å². The highest BCUT2D eigenvalue weighted by Crippen LogP contribution is 2.17. The molecule has 110 valence electrons. The molecule has 2 heterocycles. The van der Waals surface area contributed by atoms with Crippen molar-refractivity contribution in [3.05, 3.63) is 47.2 Å². The van der Waals surface area contributed by atoms with E-state index >= 15 is 0 Å². The lowest BCUT2D eigenvalue weighted by atomic mass is 9.95. The molecule has 1 aliphatic heterocycles. The Morgan fingerprint density at radius 3 is 3.00 bits per heavy atom. The molecule has 1 aromatic carbocycles. The van der Waals surface area contributed by atoms with E-state index in [0.29, 0.717) is 12.2 Å². The van der Waals surface area contributed by atoms with Crippen molar-refractivity contribution in [3.8, 4) is 0 Å². The van der Waals surface area contributed by atoms with Crippen molar-refractivity contribution in [1.29, 1.82) is 0 Å². The number of fused-ring (bicyclic) bond motifs is 1. The van der Waals surface area contributed by atoms with Gasteiger partial charge in [-0.1, -0.05) is 37.6 Å². The van der Waals surface area contributed by atoms with E-state index < -0.39 is 0 Å². The summed E-state index contributed by atoms with van der Waals surface area (Å²) in [7, 11) is 0. The first-order chi connectivity index (χ1) is 10.3. The SMILES string of the molecule is CCCc1cc(NC(=O)[C@@H]2Cc3ccccc3CN2)n[nH]1. The van der Waals surface area contributed by atoms with Crippen LogP contribution in [0.15, 0.2) is 30.3 Å². The molecule has 1 atom stereocenters. The van der Waals surface area contributed by atoms with Crippen molar-refractivity contribution < 1.29 is 4.79 Å². The van der Waals surface area contributed by atoms with Gasteiger partial charge in [0, 0.05) is 18.3 Å². The number of hydrogen-bond donors (Lipinski definition) is 3. The average molecular weight is 284 g/mol. The number of aromatic nitrogens is 2. The first kappa shape index (κ1) is 13.8. The van der Waals surface area contributed by atoms with Crippen LogP contribution in [0, 0.1) is 0 Å². The first-order valence-electron chi connectivity index (χ1n) is 7.41. The number of anilines is 1. The molecule has 0 saturated carbocycles. The van der Waals surface area contributed by atoms with E-state index in [-0.39, 0.29) is 11.9 Å². The Kier molecular flexibility index (Phi) is 4.01. The molecule has 5 nitrogen and oxygen atoms in total. The lowest BCUT2D eigenvalue weighted by Gasteiger charge is -2.24. The van der Waals surface area contributed by atoms with Crippen molar-refractivity contribution in [2.45, 2.75) is 38.8 Å². The van der Waals surface area contributed by atoms with Gasteiger partial charge in [0.05, 0.1) is 6.04 Å². The van der Waals surface area contributed by atoms with Gasteiger partial charge in [-0.05, 0) is 24.0 Å². The highest BCUT2D eigenvalue weighted by atomic mass is 16.2. The molecular weight excluding hydrogens is 264 g/mol. The second kappa shape index (κ2) is 6.10. The molecule has 3 N–H and O–H groups in total. The molecule has 5 heteroatoms. The largest absolute Gasteiger partial charge is 0.308 e. The summed E-state index contributed by atoms with van der Waals surface area (Å²) in [6.07, 6.45) is 2.71. The van der Waals surface area contributed by atoms with Crippen LogP contribution in [0.3, 0.4) is 0 Å². The molecule has 0 radical (unpaired) electrons. The molecule has 1 amide bonds. The van der Waals surface area contributed by atoms with E-state index in [1.54, 1.807) is 0 Å². The van der Waals surface area contributed by atoms with Crippen LogP contribution in [0.1, 0.15) is 30.2 Å². The van der Waals surface area contributed by atoms with Crippen LogP contribution in [0.5, 0.6) is 0 Å². The van der Waals surface area contributed by atoms with Crippen molar-refractivity contribution in [2.24, 2.45) is 0 Å². The van der Waals surface area contributed by atoms with Gasteiger partial charge in [-0.3, -0.25) is 9.89 Å². The normalized spacial score (nSPS) is 17.3. The van der Waals surface area contributed by atoms with Crippen molar-refractivity contribution in [3.63, 3.8) is 0 Å². The second-order valence-corrected chi connectivity index (χ2v) is 5.42. The van der Waals surface area contributed by atoms with Crippen LogP contribution in [-0.4, -0.2) is 22.1 Å². The molecule has 21 heavy (non-hydrogen) atoms. The van der Waals surface area contributed by atoms with E-state index in [9.17, 15) is 4.79 Å². The molecule has 3 rings (SSSR count). The van der Waals surface area contributed by atoms with Gasteiger partial charge >= 0.3 is 0 Å². The van der Waals surface area contributed by atoms with Gasteiger partial charge in [-0.15, -0.1) is 0 Å². The minimum atomic E-state index is -0.203. The van der Waals surface area contributed by atoms with Crippen LogP contribution in [0.25, 0.3) is 0 Å². The maximum atomic E-state index is 12.3. The minimum absolute atomic E-state index is 0.0287. The van der Waals surface area contributed by atoms with Gasteiger partial charge in [-0.25, -0.2) is 0 Å². The first-order valence-corrected chi connectivity index (χ1v) is 7.41. The summed E-state index contributed by atoms with van der Waals surface area (Å²) in [5, 5.41) is 13.2. The van der Waals surface area contributed by atoms with E-state index in [4.69, 9.17) is 0 Å². The lowest BCUT2D eigenvalue weighted by Crippen LogP contribution is -2.44. The van der Waals surface area contributed by atoms with E-state index in [0.717, 1.165) is 25.1 Å². The topological polar surface area (TPSA) is 69.8 Å². The number of nitrogens with one attached hydrogen (secondary N) is 3. The highest BCUT2D eigenvalue weighted by Gasteiger charge is 2.24. The van der Waals surface area contributed by atoms with Gasteiger partial charge in [0.25, 0.3) is 0 Å². The van der Waals surface area contributed by atoms with Crippen LogP contribution in [-0.2, 0) is 24.2 Å². The number of aryl methyl sites for hydroxylation is 1. The van der Waals surface area contributed by atoms with E-state index in [1.807, 2.05) is 18.2 Å². The van der Waals surface area contributed by atoms with E-state index in [2.05, 4.69) is 39.9 Å². The third kappa shape index (κ3) is 3.13. The third-order valence-corrected chi connectivity index (χ3v) is 3.80. The zero-order valence-electron chi connectivity index (χ0n) is 12.1. The fourth-order valence-electron chi connectivity index (χ4n) is 2.68. The van der Waals surface area contributed by atoms with Crippen LogP contribution in [0.2, 0.25) is 0 Å². The van der Waals surface area contributed by atoms with Gasteiger partial charge in [-0.2, -0.15) is 5.10 Å². The molecule has 0 saturated heterocycles. The maximum Gasteiger partial charge on any atom is 0.243 e. The number of aromatic amines is 1. The van der Waals surface area contributed by atoms with Crippen molar-refractivity contribution >= 4 is 11.7 Å². The van der Waals surface area contributed by atoms with E-state index in [1.165, 1.54) is 11.1 Å². The number of carbonyl (C=O) groups excluding carboxylic acids is 1. The molecule has 0 spiro atoms. The number of nitrogens with zero attached hydrogens (tertiary/aromatic N) is 1. The Hall–Kier alpha value is -2.14. The van der Waals surface area contributed by atoms with Gasteiger partial charge in [0.1, 0.15) is 0 Å². The summed E-state index contributed by atoms with van der Waals surface area (Å²) in [5.74, 6) is 0.572. The quantitative estimate of drug-likeness (QED) is 0.804. The Balaban J connectivity index is 1.63. The van der Waals surface area contributed by atoms with Crippen LogP contribution < -0.4 is 10.6 Å². The maximum absolute atomic E-state index is 12.3. The fraction of sp³-hybridized carbons (Fsp3) is 0.375. The summed E-state index contributed by atoms with van der Waals surface area (Å²) in [5.41, 5.74) is 3.56. The number of rotatable bonds is 4. The Bertz CT molecular complexity index is 635. The fourth-order valence-corrected chi connectivity index (χ4v) is 2.68. The summed E-state index contributed by atoms with van der Waals surface area (Å²) in [6.45, 7) is 2.85. The molecule has 0 aliphatic carbocycles. The molecule has 1 aromatic heterocycles. The van der Waals surface area contributed by atoms with Crippen LogP contribution in [0.4, 0.5) is 5.82 Å². The highest BCUT2D eigenvalue weighted by molar-refractivity contribution is 5.94. The zero-order valence-corrected chi connectivity index (χ0v) is 12.1. The number of hydrogen-bond acceptors (Lipinski definition) is 3. The lowest BCUT2D eigenvalue weighted by molar-refractivity contribution is -0.118. The number of amides is 1. The molecule has 1 aliphatic rings. The molecule has 0 fully saturated rings. The van der Waals surface area contributed by atoms with Gasteiger partial charge < -0.3 is 10.6 Å². The summed E-state index contributed by atoms with van der Waals surface area (Å²) < 4.78 is 0.